The smallest absolute Gasteiger partial charge is 0.319 e. The normalized spacial score (nSPS) is 17.8. The first kappa shape index (κ1) is 12.8. The molecule has 2 amide bonds. The maximum Gasteiger partial charge on any atom is 0.319 e. The Kier molecular flexibility index (Phi) is 4.12. The van der Waals surface area contributed by atoms with Crippen molar-refractivity contribution in [1.82, 2.24) is 9.80 Å². The molecule has 1 saturated heterocycles. The highest BCUT2D eigenvalue weighted by molar-refractivity contribution is 5.76. The van der Waals surface area contributed by atoms with Crippen molar-refractivity contribution < 1.29 is 19.8 Å². The molecule has 16 heavy (non-hydrogen) atoms. The molecule has 6 heteroatoms. The molecule has 0 spiro atoms. The quantitative estimate of drug-likeness (QED) is 0.693. The van der Waals surface area contributed by atoms with Gasteiger partial charge < -0.3 is 20.0 Å². The maximum absolute atomic E-state index is 11.6. The molecule has 1 aliphatic heterocycles. The van der Waals surface area contributed by atoms with Crippen LogP contribution in [0.1, 0.15) is 6.92 Å². The van der Waals surface area contributed by atoms with E-state index in [1.165, 1.54) is 4.90 Å². The number of carboxylic acids is 1. The molecular weight excluding hydrogens is 212 g/mol. The number of rotatable bonds is 4. The predicted molar refractivity (Wildman–Crippen MR) is 57.0 cm³/mol. The van der Waals surface area contributed by atoms with Gasteiger partial charge in [-0.3, -0.25) is 4.79 Å². The van der Waals surface area contributed by atoms with Crippen molar-refractivity contribution in [2.45, 2.75) is 6.92 Å². The number of aliphatic hydroxyl groups is 1. The number of carboxylic acid groups (broad SMARTS) is 1. The Balaban J connectivity index is 2.35. The lowest BCUT2D eigenvalue weighted by Crippen LogP contribution is -2.56. The minimum atomic E-state index is -0.819. The van der Waals surface area contributed by atoms with Crippen molar-refractivity contribution in [2.75, 3.05) is 33.3 Å². The highest BCUT2D eigenvalue weighted by Crippen LogP contribution is 2.24. The maximum atomic E-state index is 11.6. The monoisotopic (exact) mass is 230 g/mol. The summed E-state index contributed by atoms with van der Waals surface area (Å²) in [5.74, 6) is -1.18. The first-order chi connectivity index (χ1) is 7.47. The highest BCUT2D eigenvalue weighted by Gasteiger charge is 2.37. The van der Waals surface area contributed by atoms with Crippen molar-refractivity contribution in [1.29, 1.82) is 0 Å². The molecule has 1 heterocycles. The summed E-state index contributed by atoms with van der Waals surface area (Å²) in [5.41, 5.74) is 0. The van der Waals surface area contributed by atoms with E-state index in [0.29, 0.717) is 19.6 Å². The van der Waals surface area contributed by atoms with Crippen LogP contribution in [-0.2, 0) is 4.79 Å². The summed E-state index contributed by atoms with van der Waals surface area (Å²) in [7, 11) is 1.62. The van der Waals surface area contributed by atoms with Crippen LogP contribution in [0.3, 0.4) is 0 Å². The molecule has 1 fully saturated rings. The van der Waals surface area contributed by atoms with E-state index in [9.17, 15) is 9.59 Å². The van der Waals surface area contributed by atoms with E-state index < -0.39 is 11.9 Å². The average Bonchev–Trinajstić information content (AvgIpc) is 2.15. The standard InChI is InChI=1S/C10H18N2O4/c1-7(9(14)15)8-5-12(6-8)10(16)11(2)3-4-13/h7-8,13H,3-6H2,1-2H3,(H,14,15). The van der Waals surface area contributed by atoms with E-state index in [-0.39, 0.29) is 18.6 Å². The largest absolute Gasteiger partial charge is 0.481 e. The fraction of sp³-hybridized carbons (Fsp3) is 0.800. The van der Waals surface area contributed by atoms with Gasteiger partial charge in [0.15, 0.2) is 0 Å². The van der Waals surface area contributed by atoms with Crippen molar-refractivity contribution in [2.24, 2.45) is 11.8 Å². The van der Waals surface area contributed by atoms with Crippen molar-refractivity contribution in [3.05, 3.63) is 0 Å². The van der Waals surface area contributed by atoms with Gasteiger partial charge in [0.1, 0.15) is 0 Å². The van der Waals surface area contributed by atoms with E-state index in [1.807, 2.05) is 0 Å². The van der Waals surface area contributed by atoms with Crippen LogP contribution < -0.4 is 0 Å². The highest BCUT2D eigenvalue weighted by atomic mass is 16.4. The first-order valence-corrected chi connectivity index (χ1v) is 5.31. The van der Waals surface area contributed by atoms with Gasteiger partial charge in [0.05, 0.1) is 12.5 Å². The number of carbonyl (C=O) groups is 2. The van der Waals surface area contributed by atoms with Gasteiger partial charge in [-0.1, -0.05) is 6.92 Å². The lowest BCUT2D eigenvalue weighted by molar-refractivity contribution is -0.144. The summed E-state index contributed by atoms with van der Waals surface area (Å²) in [5, 5.41) is 17.5. The molecule has 0 saturated carbocycles. The Morgan fingerprint density at radius 2 is 2.06 bits per heavy atom. The fourth-order valence-corrected chi connectivity index (χ4v) is 1.67. The first-order valence-electron chi connectivity index (χ1n) is 5.31. The topological polar surface area (TPSA) is 81.1 Å². The summed E-state index contributed by atoms with van der Waals surface area (Å²) >= 11 is 0. The van der Waals surface area contributed by atoms with Gasteiger partial charge in [-0.05, 0) is 0 Å². The zero-order valence-electron chi connectivity index (χ0n) is 9.59. The van der Waals surface area contributed by atoms with Gasteiger partial charge in [-0.25, -0.2) is 4.79 Å². The van der Waals surface area contributed by atoms with Gasteiger partial charge in [0.2, 0.25) is 0 Å². The second-order valence-electron chi connectivity index (χ2n) is 4.22. The molecule has 1 aliphatic rings. The second kappa shape index (κ2) is 5.16. The molecule has 0 bridgehead atoms. The van der Waals surface area contributed by atoms with E-state index >= 15 is 0 Å². The summed E-state index contributed by atoms with van der Waals surface area (Å²) in [6.45, 7) is 2.87. The average molecular weight is 230 g/mol. The third kappa shape index (κ3) is 2.63. The van der Waals surface area contributed by atoms with Gasteiger partial charge >= 0.3 is 12.0 Å². The third-order valence-corrected chi connectivity index (χ3v) is 3.04. The number of hydrogen-bond acceptors (Lipinski definition) is 3. The number of urea groups is 1. The van der Waals surface area contributed by atoms with Crippen LogP contribution in [0.15, 0.2) is 0 Å². The number of carbonyl (C=O) groups excluding carboxylic acids is 1. The second-order valence-corrected chi connectivity index (χ2v) is 4.22. The van der Waals surface area contributed by atoms with Crippen LogP contribution in [0.5, 0.6) is 0 Å². The summed E-state index contributed by atoms with van der Waals surface area (Å²) in [4.78, 5) is 25.4. The Bertz CT molecular complexity index is 276. The molecule has 0 aromatic rings. The zero-order chi connectivity index (χ0) is 12.3. The molecule has 0 aromatic carbocycles. The number of likely N-dealkylation sites (tertiary alicyclic amines) is 1. The number of nitrogens with zero attached hydrogens (tertiary/aromatic N) is 2. The summed E-state index contributed by atoms with van der Waals surface area (Å²) < 4.78 is 0. The van der Waals surface area contributed by atoms with E-state index in [4.69, 9.17) is 10.2 Å². The lowest BCUT2D eigenvalue weighted by atomic mass is 9.87. The number of amides is 2. The van der Waals surface area contributed by atoms with Crippen LogP contribution in [-0.4, -0.2) is 65.3 Å². The third-order valence-electron chi connectivity index (χ3n) is 3.04. The fourth-order valence-electron chi connectivity index (χ4n) is 1.67. The molecule has 1 rings (SSSR count). The Hall–Kier alpha value is -1.30. The van der Waals surface area contributed by atoms with Gasteiger partial charge in [-0.15, -0.1) is 0 Å². The van der Waals surface area contributed by atoms with Crippen LogP contribution in [0.4, 0.5) is 4.79 Å². The van der Waals surface area contributed by atoms with Crippen LogP contribution in [0, 0.1) is 11.8 Å². The molecular formula is C10H18N2O4. The molecule has 92 valence electrons. The Morgan fingerprint density at radius 1 is 1.50 bits per heavy atom. The van der Waals surface area contributed by atoms with Crippen molar-refractivity contribution >= 4 is 12.0 Å². The zero-order valence-corrected chi connectivity index (χ0v) is 9.59. The summed E-state index contributed by atoms with van der Waals surface area (Å²) in [6, 6.07) is -0.150. The summed E-state index contributed by atoms with van der Waals surface area (Å²) in [6.07, 6.45) is 0. The lowest BCUT2D eigenvalue weighted by Gasteiger charge is -2.42. The molecule has 1 unspecified atom stereocenters. The Labute approximate surface area is 94.4 Å². The van der Waals surface area contributed by atoms with Crippen molar-refractivity contribution in [3.63, 3.8) is 0 Å². The van der Waals surface area contributed by atoms with Crippen LogP contribution >= 0.6 is 0 Å². The van der Waals surface area contributed by atoms with E-state index in [1.54, 1.807) is 18.9 Å². The van der Waals surface area contributed by atoms with Crippen LogP contribution in [0.2, 0.25) is 0 Å². The predicted octanol–water partition coefficient (Wildman–Crippen LogP) is -0.317. The van der Waals surface area contributed by atoms with Gasteiger partial charge in [-0.2, -0.15) is 0 Å². The molecule has 1 atom stereocenters. The van der Waals surface area contributed by atoms with Gasteiger partial charge in [0.25, 0.3) is 0 Å². The molecule has 2 N–H and O–H groups in total. The number of aliphatic hydroxyl groups excluding tert-OH is 1. The molecule has 6 nitrogen and oxygen atoms in total. The number of likely N-dealkylation sites (N-methyl/N-ethyl adjacent to an activating group) is 1. The molecule has 0 aliphatic carbocycles. The number of hydrogen-bond donors (Lipinski definition) is 2. The van der Waals surface area contributed by atoms with Crippen molar-refractivity contribution in [3.8, 4) is 0 Å². The van der Waals surface area contributed by atoms with E-state index in [2.05, 4.69) is 0 Å². The molecule has 0 radical (unpaired) electrons. The number of aliphatic carboxylic acids is 1. The molecule has 0 aromatic heterocycles. The minimum absolute atomic E-state index is 0.0453. The van der Waals surface area contributed by atoms with Gasteiger partial charge in [0, 0.05) is 32.6 Å². The Morgan fingerprint density at radius 3 is 2.50 bits per heavy atom. The van der Waals surface area contributed by atoms with Crippen LogP contribution in [0.25, 0.3) is 0 Å². The van der Waals surface area contributed by atoms with E-state index in [0.717, 1.165) is 0 Å². The SMILES string of the molecule is CC(C(=O)O)C1CN(C(=O)N(C)CCO)C1. The minimum Gasteiger partial charge on any atom is -0.481 e.